The van der Waals surface area contributed by atoms with E-state index < -0.39 is 21.6 Å². The molecule has 138 valence electrons. The fourth-order valence-electron chi connectivity index (χ4n) is 2.73. The Morgan fingerprint density at radius 2 is 1.77 bits per heavy atom. The largest absolute Gasteiger partial charge is 0.322 e. The van der Waals surface area contributed by atoms with Crippen LogP contribution in [0.15, 0.2) is 46.9 Å². The molecule has 5 nitrogen and oxygen atoms in total. The predicted octanol–water partition coefficient (Wildman–Crippen LogP) is 3.07. The second kappa shape index (κ2) is 7.85. The molecule has 1 amide bonds. The first-order chi connectivity index (χ1) is 12.3. The van der Waals surface area contributed by atoms with Crippen LogP contribution in [0.2, 0.25) is 0 Å². The van der Waals surface area contributed by atoms with Gasteiger partial charge in [0.2, 0.25) is 0 Å². The van der Waals surface area contributed by atoms with Gasteiger partial charge in [-0.05, 0) is 35.9 Å². The number of hydrogen-bond acceptors (Lipinski definition) is 4. The molecule has 2 aromatic rings. The minimum atomic E-state index is -2.88. The van der Waals surface area contributed by atoms with Crippen LogP contribution in [-0.2, 0) is 16.4 Å². The van der Waals surface area contributed by atoms with Gasteiger partial charge in [-0.25, -0.2) is 12.8 Å². The summed E-state index contributed by atoms with van der Waals surface area (Å²) < 4.78 is 37.3. The molecule has 26 heavy (non-hydrogen) atoms. The Kier molecular flexibility index (Phi) is 5.74. The monoisotopic (exact) mass is 440 g/mol. The van der Waals surface area contributed by atoms with Gasteiger partial charge in [0.05, 0.1) is 17.1 Å². The number of carbonyl (C=O) groups is 1. The van der Waals surface area contributed by atoms with E-state index >= 15 is 0 Å². The molecule has 1 aliphatic rings. The van der Waals surface area contributed by atoms with E-state index in [1.165, 1.54) is 12.1 Å². The molecule has 1 saturated heterocycles. The highest BCUT2D eigenvalue weighted by atomic mass is 79.9. The van der Waals surface area contributed by atoms with Crippen molar-refractivity contribution in [1.29, 1.82) is 0 Å². The molecule has 3 rings (SSSR count). The van der Waals surface area contributed by atoms with E-state index in [1.54, 1.807) is 18.2 Å². The van der Waals surface area contributed by atoms with Gasteiger partial charge in [-0.1, -0.05) is 28.1 Å². The van der Waals surface area contributed by atoms with Crippen molar-refractivity contribution in [2.24, 2.45) is 0 Å². The van der Waals surface area contributed by atoms with Crippen molar-refractivity contribution in [2.75, 3.05) is 29.9 Å². The number of carbonyl (C=O) groups excluding carboxylic acids is 1. The lowest BCUT2D eigenvalue weighted by molar-refractivity contribution is 0.102. The van der Waals surface area contributed by atoms with Gasteiger partial charge in [0.15, 0.2) is 9.84 Å². The van der Waals surface area contributed by atoms with Gasteiger partial charge in [0, 0.05) is 29.8 Å². The highest BCUT2D eigenvalue weighted by Gasteiger charge is 2.21. The second-order valence-corrected chi connectivity index (χ2v) is 9.42. The van der Waals surface area contributed by atoms with Crippen molar-refractivity contribution < 1.29 is 17.6 Å². The Morgan fingerprint density at radius 3 is 2.38 bits per heavy atom. The number of hydrogen-bond donors (Lipinski definition) is 1. The molecule has 0 spiro atoms. The first-order valence-corrected chi connectivity index (χ1v) is 10.7. The molecular formula is C18H18BrFN2O3S. The Balaban J connectivity index is 1.60. The summed E-state index contributed by atoms with van der Waals surface area (Å²) in [5.41, 5.74) is 1.58. The van der Waals surface area contributed by atoms with Crippen molar-refractivity contribution in [3.63, 3.8) is 0 Å². The predicted molar refractivity (Wildman–Crippen MR) is 102 cm³/mol. The summed E-state index contributed by atoms with van der Waals surface area (Å²) in [5, 5.41) is 2.67. The first kappa shape index (κ1) is 19.0. The molecule has 0 atom stereocenters. The highest BCUT2D eigenvalue weighted by Crippen LogP contribution is 2.18. The Hall–Kier alpha value is -1.77. The van der Waals surface area contributed by atoms with Gasteiger partial charge in [-0.3, -0.25) is 9.69 Å². The Labute approximate surface area is 160 Å². The van der Waals surface area contributed by atoms with Crippen LogP contribution < -0.4 is 5.32 Å². The van der Waals surface area contributed by atoms with E-state index in [1.807, 2.05) is 12.1 Å². The number of anilines is 1. The topological polar surface area (TPSA) is 66.5 Å². The molecule has 1 fully saturated rings. The molecule has 8 heteroatoms. The van der Waals surface area contributed by atoms with Gasteiger partial charge in [0.1, 0.15) is 5.82 Å². The van der Waals surface area contributed by atoms with Gasteiger partial charge < -0.3 is 5.32 Å². The fraction of sp³-hybridized carbons (Fsp3) is 0.278. The number of nitrogens with zero attached hydrogens (tertiary/aromatic N) is 1. The van der Waals surface area contributed by atoms with Crippen LogP contribution in [0.4, 0.5) is 10.1 Å². The maximum absolute atomic E-state index is 13.8. The quantitative estimate of drug-likeness (QED) is 0.792. The van der Waals surface area contributed by atoms with Crippen LogP contribution in [0, 0.1) is 5.82 Å². The standard InChI is InChI=1S/C18H18BrFN2O3S/c19-14-3-6-16(17(20)11-14)18(23)21-15-4-1-13(2-5-15)12-22-7-9-26(24,25)10-8-22/h1-6,11H,7-10,12H2,(H,21,23). The molecule has 0 unspecified atom stereocenters. The van der Waals surface area contributed by atoms with Crippen LogP contribution in [0.3, 0.4) is 0 Å². The minimum Gasteiger partial charge on any atom is -0.322 e. The molecule has 2 aromatic carbocycles. The average Bonchev–Trinajstić information content (AvgIpc) is 2.58. The van der Waals surface area contributed by atoms with Crippen molar-refractivity contribution in [2.45, 2.75) is 6.54 Å². The maximum Gasteiger partial charge on any atom is 0.258 e. The number of rotatable bonds is 4. The van der Waals surface area contributed by atoms with Crippen LogP contribution >= 0.6 is 15.9 Å². The molecule has 0 aromatic heterocycles. The fourth-order valence-corrected chi connectivity index (χ4v) is 4.34. The third-order valence-corrected chi connectivity index (χ3v) is 6.33. The van der Waals surface area contributed by atoms with Gasteiger partial charge in [-0.2, -0.15) is 0 Å². The lowest BCUT2D eigenvalue weighted by atomic mass is 10.1. The summed E-state index contributed by atoms with van der Waals surface area (Å²) in [7, 11) is -2.88. The molecule has 0 bridgehead atoms. The number of nitrogens with one attached hydrogen (secondary N) is 1. The van der Waals surface area contributed by atoms with Crippen LogP contribution in [0.25, 0.3) is 0 Å². The first-order valence-electron chi connectivity index (χ1n) is 8.10. The molecule has 0 aliphatic carbocycles. The average molecular weight is 441 g/mol. The zero-order valence-electron chi connectivity index (χ0n) is 13.9. The molecule has 1 aliphatic heterocycles. The van der Waals surface area contributed by atoms with Crippen molar-refractivity contribution in [3.8, 4) is 0 Å². The summed E-state index contributed by atoms with van der Waals surface area (Å²) in [4.78, 5) is 14.3. The smallest absolute Gasteiger partial charge is 0.258 e. The summed E-state index contributed by atoms with van der Waals surface area (Å²) in [6.45, 7) is 1.72. The lowest BCUT2D eigenvalue weighted by Gasteiger charge is -2.26. The summed E-state index contributed by atoms with van der Waals surface area (Å²) in [6.07, 6.45) is 0. The Morgan fingerprint density at radius 1 is 1.12 bits per heavy atom. The van der Waals surface area contributed by atoms with E-state index in [0.29, 0.717) is 29.8 Å². The van der Waals surface area contributed by atoms with E-state index in [4.69, 9.17) is 0 Å². The number of amides is 1. The number of halogens is 2. The third-order valence-electron chi connectivity index (χ3n) is 4.23. The summed E-state index contributed by atoms with van der Waals surface area (Å²) in [5.74, 6) is -0.711. The van der Waals surface area contributed by atoms with Crippen molar-refractivity contribution in [3.05, 3.63) is 63.9 Å². The minimum absolute atomic E-state index is 0.0215. The normalized spacial score (nSPS) is 17.0. The van der Waals surface area contributed by atoms with Crippen LogP contribution in [0.1, 0.15) is 15.9 Å². The van der Waals surface area contributed by atoms with E-state index in [-0.39, 0.29) is 17.1 Å². The molecule has 1 heterocycles. The van der Waals surface area contributed by atoms with Gasteiger partial charge in [0.25, 0.3) is 5.91 Å². The van der Waals surface area contributed by atoms with Gasteiger partial charge in [-0.15, -0.1) is 0 Å². The molecular weight excluding hydrogens is 423 g/mol. The number of benzene rings is 2. The van der Waals surface area contributed by atoms with E-state index in [9.17, 15) is 17.6 Å². The zero-order valence-corrected chi connectivity index (χ0v) is 16.3. The molecule has 0 saturated carbocycles. The zero-order chi connectivity index (χ0) is 18.7. The van der Waals surface area contributed by atoms with Gasteiger partial charge >= 0.3 is 0 Å². The van der Waals surface area contributed by atoms with E-state index in [0.717, 1.165) is 5.56 Å². The van der Waals surface area contributed by atoms with Crippen LogP contribution in [-0.4, -0.2) is 43.8 Å². The maximum atomic E-state index is 13.8. The highest BCUT2D eigenvalue weighted by molar-refractivity contribution is 9.10. The van der Waals surface area contributed by atoms with Crippen molar-refractivity contribution >= 4 is 37.4 Å². The SMILES string of the molecule is O=C(Nc1ccc(CN2CCS(=O)(=O)CC2)cc1)c1ccc(Br)cc1F. The second-order valence-electron chi connectivity index (χ2n) is 6.20. The summed E-state index contributed by atoms with van der Waals surface area (Å²) in [6, 6.07) is 11.5. The number of sulfone groups is 1. The van der Waals surface area contributed by atoms with E-state index in [2.05, 4.69) is 26.1 Å². The van der Waals surface area contributed by atoms with Crippen molar-refractivity contribution in [1.82, 2.24) is 4.90 Å². The Bertz CT molecular complexity index is 903. The summed E-state index contributed by atoms with van der Waals surface area (Å²) >= 11 is 3.16. The molecule has 0 radical (unpaired) electrons. The van der Waals surface area contributed by atoms with Crippen LogP contribution in [0.5, 0.6) is 0 Å². The third kappa shape index (κ3) is 4.90. The molecule has 1 N–H and O–H groups in total. The lowest BCUT2D eigenvalue weighted by Crippen LogP contribution is -2.39.